The summed E-state index contributed by atoms with van der Waals surface area (Å²) in [5, 5.41) is 11.3. The minimum atomic E-state index is -1.50. The minimum Gasteiger partial charge on any atom is -0.459 e. The first-order valence-corrected chi connectivity index (χ1v) is 8.75. The van der Waals surface area contributed by atoms with Crippen LogP contribution in [0.25, 0.3) is 0 Å². The van der Waals surface area contributed by atoms with Crippen molar-refractivity contribution in [2.24, 2.45) is 17.3 Å². The molecule has 0 amide bonds. The third-order valence-electron chi connectivity index (χ3n) is 6.63. The maximum Gasteiger partial charge on any atom is 0.340 e. The first-order valence-electron chi connectivity index (χ1n) is 8.75. The summed E-state index contributed by atoms with van der Waals surface area (Å²) in [4.78, 5) is 37.3. The molecule has 0 spiro atoms. The zero-order valence-electron chi connectivity index (χ0n) is 15.0. The second-order valence-electron chi connectivity index (χ2n) is 8.20. The normalized spacial score (nSPS) is 49.3. The van der Waals surface area contributed by atoms with E-state index >= 15 is 0 Å². The van der Waals surface area contributed by atoms with Gasteiger partial charge in [-0.3, -0.25) is 4.79 Å². The first-order chi connectivity index (χ1) is 12.0. The first kappa shape index (κ1) is 17.4. The van der Waals surface area contributed by atoms with Gasteiger partial charge in [0.25, 0.3) is 0 Å². The standard InChI is InChI=1S/C19H22O7/c1-9-7-11(25-16(22)17(3)8-24-17)13-10(2)15(21)26-14(13)18(4)12(20)5-6-19(9,18)23/h5-6,9,11,13-14,23H,2,7-8H2,1,3-4H3/t9-,11-,13+,14+,17-,18-,19+/m0/s1. The monoisotopic (exact) mass is 362 g/mol. The van der Waals surface area contributed by atoms with Gasteiger partial charge < -0.3 is 19.3 Å². The van der Waals surface area contributed by atoms with E-state index in [1.54, 1.807) is 20.8 Å². The minimum absolute atomic E-state index is 0.159. The quantitative estimate of drug-likeness (QED) is 0.438. The molecule has 0 radical (unpaired) electrons. The molecule has 2 aliphatic heterocycles. The zero-order chi connectivity index (χ0) is 19.1. The fourth-order valence-electron chi connectivity index (χ4n) is 4.55. The van der Waals surface area contributed by atoms with Gasteiger partial charge >= 0.3 is 11.9 Å². The van der Waals surface area contributed by atoms with E-state index in [1.807, 2.05) is 0 Å². The van der Waals surface area contributed by atoms with Gasteiger partial charge in [0.15, 0.2) is 11.4 Å². The van der Waals surface area contributed by atoms with Crippen LogP contribution in [0.5, 0.6) is 0 Å². The maximum absolute atomic E-state index is 12.7. The molecule has 7 atom stereocenters. The van der Waals surface area contributed by atoms with Crippen LogP contribution in [0.1, 0.15) is 27.2 Å². The summed E-state index contributed by atoms with van der Waals surface area (Å²) >= 11 is 0. The molecule has 1 N–H and O–H groups in total. The molecule has 0 aromatic heterocycles. The summed E-state index contributed by atoms with van der Waals surface area (Å²) in [6.07, 6.45) is 1.39. The third kappa shape index (κ3) is 1.98. The molecule has 4 rings (SSSR count). The molecule has 7 heteroatoms. The van der Waals surface area contributed by atoms with Crippen molar-refractivity contribution in [1.29, 1.82) is 0 Å². The van der Waals surface area contributed by atoms with Gasteiger partial charge in [-0.05, 0) is 38.3 Å². The molecule has 2 saturated heterocycles. The Kier molecular flexibility index (Phi) is 3.38. The Hall–Kier alpha value is -1.99. The summed E-state index contributed by atoms with van der Waals surface area (Å²) < 4.78 is 16.3. The van der Waals surface area contributed by atoms with Crippen molar-refractivity contribution >= 4 is 17.7 Å². The van der Waals surface area contributed by atoms with Gasteiger partial charge in [-0.2, -0.15) is 0 Å². The van der Waals surface area contributed by atoms with Gasteiger partial charge in [-0.1, -0.05) is 13.5 Å². The van der Waals surface area contributed by atoms with E-state index in [0.29, 0.717) is 0 Å². The lowest BCUT2D eigenvalue weighted by atomic mass is 9.65. The number of fused-ring (bicyclic) bond motifs is 3. The summed E-state index contributed by atoms with van der Waals surface area (Å²) in [6.45, 7) is 9.11. The molecule has 26 heavy (non-hydrogen) atoms. The van der Waals surface area contributed by atoms with Crippen LogP contribution in [0.4, 0.5) is 0 Å². The fraction of sp³-hybridized carbons (Fsp3) is 0.632. The van der Waals surface area contributed by atoms with E-state index in [0.717, 1.165) is 0 Å². The van der Waals surface area contributed by atoms with Crippen molar-refractivity contribution in [3.8, 4) is 0 Å². The number of rotatable bonds is 2. The highest BCUT2D eigenvalue weighted by Gasteiger charge is 2.69. The number of aliphatic hydroxyl groups is 1. The molecule has 2 aliphatic carbocycles. The molecule has 3 fully saturated rings. The number of hydrogen-bond acceptors (Lipinski definition) is 7. The molecule has 0 unspecified atom stereocenters. The molecule has 4 aliphatic rings. The summed E-state index contributed by atoms with van der Waals surface area (Å²) in [7, 11) is 0. The second kappa shape index (κ2) is 5.04. The highest BCUT2D eigenvalue weighted by molar-refractivity contribution is 6.01. The lowest BCUT2D eigenvalue weighted by Gasteiger charge is -2.43. The Morgan fingerprint density at radius 3 is 2.65 bits per heavy atom. The molecule has 2 heterocycles. The number of epoxide rings is 1. The van der Waals surface area contributed by atoms with Crippen LogP contribution in [0, 0.1) is 17.3 Å². The number of hydrogen-bond donors (Lipinski definition) is 1. The highest BCUT2D eigenvalue weighted by Crippen LogP contribution is 2.57. The van der Waals surface area contributed by atoms with Gasteiger partial charge in [0, 0.05) is 5.57 Å². The van der Waals surface area contributed by atoms with Gasteiger partial charge in [-0.15, -0.1) is 0 Å². The number of esters is 2. The molecule has 0 aromatic rings. The average molecular weight is 362 g/mol. The summed E-state index contributed by atoms with van der Waals surface area (Å²) in [5.74, 6) is -2.56. The van der Waals surface area contributed by atoms with Crippen molar-refractivity contribution in [2.75, 3.05) is 6.61 Å². The Morgan fingerprint density at radius 2 is 2.04 bits per heavy atom. The van der Waals surface area contributed by atoms with Crippen LogP contribution >= 0.6 is 0 Å². The number of ketones is 1. The smallest absolute Gasteiger partial charge is 0.340 e. The van der Waals surface area contributed by atoms with Gasteiger partial charge in [-0.25, -0.2) is 9.59 Å². The molecule has 1 saturated carbocycles. The van der Waals surface area contributed by atoms with Crippen LogP contribution in [-0.4, -0.2) is 52.8 Å². The predicted octanol–water partition coefficient (Wildman–Crippen LogP) is 0.701. The van der Waals surface area contributed by atoms with Crippen molar-refractivity contribution in [2.45, 2.75) is 50.6 Å². The average Bonchev–Trinajstić information content (AvgIpc) is 3.22. The van der Waals surface area contributed by atoms with Gasteiger partial charge in [0.05, 0.1) is 12.5 Å². The van der Waals surface area contributed by atoms with Crippen LogP contribution in [0.15, 0.2) is 24.3 Å². The summed E-state index contributed by atoms with van der Waals surface area (Å²) in [5.41, 5.74) is -3.67. The highest BCUT2D eigenvalue weighted by atomic mass is 16.6. The van der Waals surface area contributed by atoms with Crippen molar-refractivity contribution in [3.05, 3.63) is 24.3 Å². The van der Waals surface area contributed by atoms with Crippen molar-refractivity contribution in [1.82, 2.24) is 0 Å². The van der Waals surface area contributed by atoms with Gasteiger partial charge in [0.2, 0.25) is 0 Å². The molecule has 0 bridgehead atoms. The third-order valence-corrected chi connectivity index (χ3v) is 6.63. The van der Waals surface area contributed by atoms with E-state index in [9.17, 15) is 19.5 Å². The van der Waals surface area contributed by atoms with Gasteiger partial charge in [0.1, 0.15) is 23.2 Å². The van der Waals surface area contributed by atoms with E-state index < -0.39 is 52.6 Å². The number of allylic oxidation sites excluding steroid dienone is 1. The SMILES string of the molecule is C=C1C(=O)O[C@@H]2[C@H]1[C@@H](OC(=O)[C@]1(C)CO1)C[C@H](C)[C@]1(O)C=CC(=O)[C@@]21C. The summed E-state index contributed by atoms with van der Waals surface area (Å²) in [6, 6.07) is 0. The van der Waals surface area contributed by atoms with Crippen LogP contribution in [-0.2, 0) is 28.6 Å². The molecule has 7 nitrogen and oxygen atoms in total. The Balaban J connectivity index is 1.77. The van der Waals surface area contributed by atoms with E-state index in [-0.39, 0.29) is 24.4 Å². The van der Waals surface area contributed by atoms with Crippen molar-refractivity contribution < 1.29 is 33.7 Å². The maximum atomic E-state index is 12.7. The van der Waals surface area contributed by atoms with Crippen LogP contribution in [0.2, 0.25) is 0 Å². The van der Waals surface area contributed by atoms with E-state index in [4.69, 9.17) is 14.2 Å². The Labute approximate surface area is 151 Å². The molecule has 0 aromatic carbocycles. The number of carbonyl (C=O) groups is 3. The topological polar surface area (TPSA) is 102 Å². The lowest BCUT2D eigenvalue weighted by molar-refractivity contribution is -0.167. The fourth-order valence-corrected chi connectivity index (χ4v) is 4.55. The molecular formula is C19H22O7. The Morgan fingerprint density at radius 1 is 1.38 bits per heavy atom. The molecular weight excluding hydrogens is 340 g/mol. The van der Waals surface area contributed by atoms with E-state index in [1.165, 1.54) is 12.2 Å². The van der Waals surface area contributed by atoms with Crippen LogP contribution in [0.3, 0.4) is 0 Å². The number of ether oxygens (including phenoxy) is 3. The van der Waals surface area contributed by atoms with Crippen molar-refractivity contribution in [3.63, 3.8) is 0 Å². The second-order valence-corrected chi connectivity index (χ2v) is 8.20. The predicted molar refractivity (Wildman–Crippen MR) is 87.7 cm³/mol. The largest absolute Gasteiger partial charge is 0.459 e. The zero-order valence-corrected chi connectivity index (χ0v) is 15.0. The van der Waals surface area contributed by atoms with E-state index in [2.05, 4.69) is 6.58 Å². The Bertz CT molecular complexity index is 764. The van der Waals surface area contributed by atoms with Crippen LogP contribution < -0.4 is 0 Å². The number of carbonyl (C=O) groups excluding carboxylic acids is 3. The lowest BCUT2D eigenvalue weighted by Crippen LogP contribution is -2.56. The molecule has 140 valence electrons.